The van der Waals surface area contributed by atoms with Crippen molar-refractivity contribution in [3.63, 3.8) is 0 Å². The van der Waals surface area contributed by atoms with Crippen LogP contribution in [0.15, 0.2) is 53.8 Å². The Bertz CT molecular complexity index is 1560. The molecule has 5 aromatic rings. The summed E-state index contributed by atoms with van der Waals surface area (Å²) in [7, 11) is 0. The zero-order chi connectivity index (χ0) is 22.5. The fourth-order valence-electron chi connectivity index (χ4n) is 4.72. The summed E-state index contributed by atoms with van der Waals surface area (Å²) < 4.78 is 1.00. The van der Waals surface area contributed by atoms with Gasteiger partial charge in [0.15, 0.2) is 0 Å². The van der Waals surface area contributed by atoms with Crippen molar-refractivity contribution in [2.45, 2.75) is 31.7 Å². The predicted molar refractivity (Wildman–Crippen MR) is 138 cm³/mol. The van der Waals surface area contributed by atoms with Gasteiger partial charge in [0, 0.05) is 23.0 Å². The van der Waals surface area contributed by atoms with E-state index in [-0.39, 0.29) is 5.91 Å². The molecular formula is C26H22N4OS2. The number of carbonyl (C=O) groups is 1. The zero-order valence-electron chi connectivity index (χ0n) is 18.5. The molecule has 0 radical (unpaired) electrons. The number of rotatable bonds is 3. The zero-order valence-corrected chi connectivity index (χ0v) is 20.1. The molecule has 1 aliphatic heterocycles. The molecule has 0 N–H and O–H groups in total. The normalized spacial score (nSPS) is 13.7. The minimum absolute atomic E-state index is 0.120. The van der Waals surface area contributed by atoms with E-state index in [0.29, 0.717) is 5.75 Å². The van der Waals surface area contributed by atoms with Gasteiger partial charge in [0.2, 0.25) is 5.91 Å². The van der Waals surface area contributed by atoms with Crippen LogP contribution in [0.5, 0.6) is 0 Å². The number of hydrogen-bond acceptors (Lipinski definition) is 6. The van der Waals surface area contributed by atoms with E-state index in [1.165, 1.54) is 28.5 Å². The first kappa shape index (κ1) is 20.6. The van der Waals surface area contributed by atoms with Crippen molar-refractivity contribution >= 4 is 66.0 Å². The number of para-hydroxylation sites is 1. The molecule has 0 saturated carbocycles. The van der Waals surface area contributed by atoms with Crippen LogP contribution in [0, 0.1) is 13.8 Å². The van der Waals surface area contributed by atoms with Gasteiger partial charge in [-0.15, -0.1) is 11.3 Å². The van der Waals surface area contributed by atoms with Crippen LogP contribution < -0.4 is 4.90 Å². The molecule has 0 bridgehead atoms. The Labute approximate surface area is 199 Å². The number of pyridine rings is 1. The molecule has 33 heavy (non-hydrogen) atoms. The number of carbonyl (C=O) groups excluding carboxylic acids is 1. The van der Waals surface area contributed by atoms with Gasteiger partial charge >= 0.3 is 0 Å². The Morgan fingerprint density at radius 1 is 1.12 bits per heavy atom. The molecule has 7 heteroatoms. The van der Waals surface area contributed by atoms with Crippen molar-refractivity contribution in [2.75, 3.05) is 17.2 Å². The van der Waals surface area contributed by atoms with E-state index in [1.807, 2.05) is 23.1 Å². The van der Waals surface area contributed by atoms with Crippen LogP contribution in [0.3, 0.4) is 0 Å². The number of aryl methyl sites for hydroxylation is 3. The number of benzene rings is 2. The molecule has 0 atom stereocenters. The largest absolute Gasteiger partial charge is 0.311 e. The van der Waals surface area contributed by atoms with Crippen LogP contribution in [0.25, 0.3) is 31.3 Å². The lowest BCUT2D eigenvalue weighted by atomic mass is 10.0. The van der Waals surface area contributed by atoms with Gasteiger partial charge in [0.1, 0.15) is 16.2 Å². The van der Waals surface area contributed by atoms with Crippen molar-refractivity contribution < 1.29 is 4.79 Å². The highest BCUT2D eigenvalue weighted by Crippen LogP contribution is 2.38. The van der Waals surface area contributed by atoms with Gasteiger partial charge in [-0.05, 0) is 56.0 Å². The molecule has 6 rings (SSSR count). The molecule has 0 spiro atoms. The first-order chi connectivity index (χ1) is 16.1. The van der Waals surface area contributed by atoms with E-state index in [0.717, 1.165) is 61.4 Å². The SMILES string of the molecule is Cc1cc(C)c2nc3sc4c(SCC(=O)N5CCCc6ccccc65)ncnc4c3cc2c1. The molecule has 1 aliphatic rings. The van der Waals surface area contributed by atoms with Crippen LogP contribution in [-0.2, 0) is 11.2 Å². The van der Waals surface area contributed by atoms with Crippen LogP contribution in [0.1, 0.15) is 23.1 Å². The number of anilines is 1. The molecule has 1 amide bonds. The number of hydrogen-bond donors (Lipinski definition) is 0. The quantitative estimate of drug-likeness (QED) is 0.236. The van der Waals surface area contributed by atoms with E-state index < -0.39 is 0 Å². The second-order valence-electron chi connectivity index (χ2n) is 8.52. The van der Waals surface area contributed by atoms with Gasteiger partial charge < -0.3 is 4.90 Å². The number of amides is 1. The molecule has 3 aromatic heterocycles. The maximum Gasteiger partial charge on any atom is 0.237 e. The van der Waals surface area contributed by atoms with Crippen LogP contribution in [0.4, 0.5) is 5.69 Å². The highest BCUT2D eigenvalue weighted by atomic mass is 32.2. The van der Waals surface area contributed by atoms with Crippen molar-refractivity contribution in [3.8, 4) is 0 Å². The average Bonchev–Trinajstić information content (AvgIpc) is 3.19. The number of aromatic nitrogens is 3. The monoisotopic (exact) mass is 470 g/mol. The van der Waals surface area contributed by atoms with E-state index in [9.17, 15) is 4.79 Å². The lowest BCUT2D eigenvalue weighted by Crippen LogP contribution is -2.36. The minimum atomic E-state index is 0.120. The van der Waals surface area contributed by atoms with Crippen LogP contribution in [0.2, 0.25) is 0 Å². The van der Waals surface area contributed by atoms with Crippen molar-refractivity contribution in [3.05, 3.63) is 65.5 Å². The van der Waals surface area contributed by atoms with Crippen molar-refractivity contribution in [1.82, 2.24) is 15.0 Å². The van der Waals surface area contributed by atoms with Crippen molar-refractivity contribution in [2.24, 2.45) is 0 Å². The third-order valence-electron chi connectivity index (χ3n) is 6.19. The van der Waals surface area contributed by atoms with Crippen LogP contribution in [-0.4, -0.2) is 33.2 Å². The number of thioether (sulfide) groups is 1. The van der Waals surface area contributed by atoms with E-state index in [1.54, 1.807) is 17.7 Å². The summed E-state index contributed by atoms with van der Waals surface area (Å²) in [6.45, 7) is 4.98. The van der Waals surface area contributed by atoms with Gasteiger partial charge in [-0.1, -0.05) is 41.6 Å². The molecule has 164 valence electrons. The second-order valence-corrected chi connectivity index (χ2v) is 10.5. The van der Waals surface area contributed by atoms with Gasteiger partial charge in [0.25, 0.3) is 0 Å². The highest BCUT2D eigenvalue weighted by Gasteiger charge is 2.23. The molecule has 0 fully saturated rings. The maximum absolute atomic E-state index is 13.1. The summed E-state index contributed by atoms with van der Waals surface area (Å²) in [5, 5.41) is 3.03. The first-order valence-electron chi connectivity index (χ1n) is 11.0. The smallest absolute Gasteiger partial charge is 0.237 e. The lowest BCUT2D eigenvalue weighted by molar-refractivity contribution is -0.116. The molecule has 0 unspecified atom stereocenters. The topological polar surface area (TPSA) is 59.0 Å². The van der Waals surface area contributed by atoms with Crippen LogP contribution >= 0.6 is 23.1 Å². The summed E-state index contributed by atoms with van der Waals surface area (Å²) in [6, 6.07) is 14.7. The standard InChI is InChI=1S/C26H22N4OS2/c1-15-10-16(2)22-18(11-15)12-19-23-24(33-25(19)29-22)26(28-14-27-23)32-13-21(31)30-9-5-7-17-6-3-4-8-20(17)30/h3-4,6,8,10-12,14H,5,7,9,13H2,1-2H3. The molecule has 0 saturated heterocycles. The molecule has 0 aliphatic carbocycles. The molecule has 2 aromatic carbocycles. The second kappa shape index (κ2) is 8.08. The fraction of sp³-hybridized carbons (Fsp3) is 0.231. The number of thiophene rings is 1. The fourth-order valence-corrected chi connectivity index (χ4v) is 6.79. The molecule has 4 heterocycles. The number of nitrogens with zero attached hydrogens (tertiary/aromatic N) is 4. The molecular weight excluding hydrogens is 448 g/mol. The third kappa shape index (κ3) is 3.56. The summed E-state index contributed by atoms with van der Waals surface area (Å²) in [4.78, 5) is 30.1. The Morgan fingerprint density at radius 3 is 2.91 bits per heavy atom. The summed E-state index contributed by atoms with van der Waals surface area (Å²) in [5.74, 6) is 0.470. The summed E-state index contributed by atoms with van der Waals surface area (Å²) >= 11 is 3.10. The maximum atomic E-state index is 13.1. The van der Waals surface area contributed by atoms with Crippen molar-refractivity contribution in [1.29, 1.82) is 0 Å². The Balaban J connectivity index is 1.34. The van der Waals surface area contributed by atoms with Gasteiger partial charge in [-0.3, -0.25) is 4.79 Å². The first-order valence-corrected chi connectivity index (χ1v) is 12.8. The third-order valence-corrected chi connectivity index (χ3v) is 8.39. The predicted octanol–water partition coefficient (Wildman–Crippen LogP) is 6.08. The minimum Gasteiger partial charge on any atom is -0.311 e. The Kier molecular flexibility index (Phi) is 5.03. The summed E-state index contributed by atoms with van der Waals surface area (Å²) in [5.41, 5.74) is 6.64. The Morgan fingerprint density at radius 2 is 2.00 bits per heavy atom. The number of fused-ring (bicyclic) bond motifs is 5. The van der Waals surface area contributed by atoms with Gasteiger partial charge in [0.05, 0.1) is 21.5 Å². The van der Waals surface area contributed by atoms with E-state index >= 15 is 0 Å². The average molecular weight is 471 g/mol. The van der Waals surface area contributed by atoms with Gasteiger partial charge in [-0.25, -0.2) is 15.0 Å². The highest BCUT2D eigenvalue weighted by molar-refractivity contribution is 8.00. The van der Waals surface area contributed by atoms with Gasteiger partial charge in [-0.2, -0.15) is 0 Å². The molecule has 5 nitrogen and oxygen atoms in total. The Hall–Kier alpha value is -3.03. The van der Waals surface area contributed by atoms with E-state index in [4.69, 9.17) is 4.98 Å². The summed E-state index contributed by atoms with van der Waals surface area (Å²) in [6.07, 6.45) is 3.63. The lowest BCUT2D eigenvalue weighted by Gasteiger charge is -2.29. The van der Waals surface area contributed by atoms with E-state index in [2.05, 4.69) is 48.1 Å².